The number of hydrogen-bond acceptors (Lipinski definition) is 6. The molecule has 5 rings (SSSR count). The molecule has 1 amide bonds. The molecule has 0 aliphatic carbocycles. The van der Waals surface area contributed by atoms with Crippen molar-refractivity contribution in [3.8, 4) is 11.5 Å². The van der Waals surface area contributed by atoms with Crippen LogP contribution in [0.25, 0.3) is 0 Å². The average Bonchev–Trinajstić information content (AvgIpc) is 3.24. The highest BCUT2D eigenvalue weighted by atomic mass is 35.5. The number of carbonyl (C=O) groups is 1. The Morgan fingerprint density at radius 2 is 1.90 bits per heavy atom. The van der Waals surface area contributed by atoms with E-state index in [0.717, 1.165) is 5.56 Å². The van der Waals surface area contributed by atoms with Crippen LogP contribution < -0.4 is 14.8 Å². The lowest BCUT2D eigenvalue weighted by atomic mass is 10.0. The maximum atomic E-state index is 13.4. The van der Waals surface area contributed by atoms with E-state index in [0.29, 0.717) is 28.3 Å². The van der Waals surface area contributed by atoms with Crippen LogP contribution in [0.2, 0.25) is 5.02 Å². The molecule has 3 aromatic rings. The summed E-state index contributed by atoms with van der Waals surface area (Å²) >= 11 is 5.99. The summed E-state index contributed by atoms with van der Waals surface area (Å²) in [6.45, 7) is 0.422. The van der Waals surface area contributed by atoms with Crippen molar-refractivity contribution in [1.29, 1.82) is 0 Å². The molecule has 0 fully saturated rings. The highest BCUT2D eigenvalue weighted by molar-refractivity contribution is 6.32. The fraction of sp³-hybridized carbons (Fsp3) is 0.136. The normalized spacial score (nSPS) is 16.6. The van der Waals surface area contributed by atoms with Crippen molar-refractivity contribution >= 4 is 28.9 Å². The molecular weight excluding hydrogens is 422 g/mol. The van der Waals surface area contributed by atoms with Gasteiger partial charge in [-0.25, -0.2) is 0 Å². The van der Waals surface area contributed by atoms with Crippen molar-refractivity contribution in [3.05, 3.63) is 92.5 Å². The molecule has 0 radical (unpaired) electrons. The predicted molar refractivity (Wildman–Crippen MR) is 113 cm³/mol. The fourth-order valence-electron chi connectivity index (χ4n) is 3.79. The number of fused-ring (bicyclic) bond motifs is 2. The van der Waals surface area contributed by atoms with Gasteiger partial charge in [-0.05, 0) is 35.9 Å². The fourth-order valence-corrected chi connectivity index (χ4v) is 3.98. The number of halogens is 1. The number of nitro benzene ring substituents is 1. The molecule has 0 aromatic heterocycles. The Kier molecular flexibility index (Phi) is 4.63. The van der Waals surface area contributed by atoms with Crippen LogP contribution in [-0.4, -0.2) is 22.5 Å². The van der Waals surface area contributed by atoms with E-state index < -0.39 is 11.1 Å². The zero-order valence-corrected chi connectivity index (χ0v) is 16.8. The Bertz CT molecular complexity index is 1220. The third kappa shape index (κ3) is 3.40. The Labute approximate surface area is 182 Å². The van der Waals surface area contributed by atoms with E-state index in [9.17, 15) is 14.9 Å². The van der Waals surface area contributed by atoms with Gasteiger partial charge in [0.05, 0.1) is 10.5 Å². The van der Waals surface area contributed by atoms with Crippen molar-refractivity contribution in [2.45, 2.75) is 12.7 Å². The van der Waals surface area contributed by atoms with Crippen LogP contribution in [0.15, 0.2) is 60.7 Å². The van der Waals surface area contributed by atoms with E-state index in [4.69, 9.17) is 21.1 Å². The quantitative estimate of drug-likeness (QED) is 0.468. The lowest BCUT2D eigenvalue weighted by molar-refractivity contribution is -0.384. The summed E-state index contributed by atoms with van der Waals surface area (Å²) in [5.74, 6) is 1.09. The van der Waals surface area contributed by atoms with Crippen molar-refractivity contribution < 1.29 is 19.2 Å². The molecular formula is C22H16ClN3O5. The topological polar surface area (TPSA) is 93.9 Å². The molecule has 2 heterocycles. The first-order chi connectivity index (χ1) is 15.0. The molecule has 2 aliphatic heterocycles. The molecule has 2 aliphatic rings. The van der Waals surface area contributed by atoms with E-state index in [1.54, 1.807) is 29.2 Å². The third-order valence-electron chi connectivity index (χ3n) is 5.29. The lowest BCUT2D eigenvalue weighted by Crippen LogP contribution is -2.42. The maximum absolute atomic E-state index is 13.4. The second-order valence-corrected chi connectivity index (χ2v) is 7.59. The zero-order valence-electron chi connectivity index (χ0n) is 16.1. The van der Waals surface area contributed by atoms with Gasteiger partial charge < -0.3 is 19.7 Å². The molecule has 9 heteroatoms. The standard InChI is InChI=1S/C22H16ClN3O5/c23-16-7-6-14(10-18(16)26(28)29)21-24-17-4-2-1-3-15(17)22(27)25(21)11-13-5-8-19-20(9-13)31-12-30-19/h1-10,21,24H,11-12H2/t21-/m1/s1. The van der Waals surface area contributed by atoms with E-state index in [-0.39, 0.29) is 30.0 Å². The zero-order chi connectivity index (χ0) is 21.5. The number of nitrogens with zero attached hydrogens (tertiary/aromatic N) is 2. The smallest absolute Gasteiger partial charge is 0.288 e. The van der Waals surface area contributed by atoms with Crippen LogP contribution in [0.4, 0.5) is 11.4 Å². The summed E-state index contributed by atoms with van der Waals surface area (Å²) in [7, 11) is 0. The largest absolute Gasteiger partial charge is 0.454 e. The van der Waals surface area contributed by atoms with Gasteiger partial charge in [-0.15, -0.1) is 0 Å². The summed E-state index contributed by atoms with van der Waals surface area (Å²) in [5.41, 5.74) is 2.38. The molecule has 8 nitrogen and oxygen atoms in total. The lowest BCUT2D eigenvalue weighted by Gasteiger charge is -2.38. The van der Waals surface area contributed by atoms with Crippen LogP contribution in [0.5, 0.6) is 11.5 Å². The Morgan fingerprint density at radius 1 is 1.10 bits per heavy atom. The second-order valence-electron chi connectivity index (χ2n) is 7.18. The summed E-state index contributed by atoms with van der Waals surface area (Å²) < 4.78 is 10.8. The molecule has 0 saturated carbocycles. The first-order valence-corrected chi connectivity index (χ1v) is 9.88. The van der Waals surface area contributed by atoms with Gasteiger partial charge in [-0.2, -0.15) is 0 Å². The molecule has 1 atom stereocenters. The van der Waals surface area contributed by atoms with Gasteiger partial charge in [0.1, 0.15) is 11.2 Å². The van der Waals surface area contributed by atoms with Gasteiger partial charge in [0.25, 0.3) is 11.6 Å². The molecule has 0 bridgehead atoms. The maximum Gasteiger partial charge on any atom is 0.288 e. The summed E-state index contributed by atoms with van der Waals surface area (Å²) in [4.78, 5) is 25.9. The number of para-hydroxylation sites is 1. The Morgan fingerprint density at radius 3 is 2.74 bits per heavy atom. The van der Waals surface area contributed by atoms with Gasteiger partial charge >= 0.3 is 0 Å². The molecule has 156 valence electrons. The van der Waals surface area contributed by atoms with E-state index >= 15 is 0 Å². The van der Waals surface area contributed by atoms with E-state index in [2.05, 4.69) is 5.32 Å². The van der Waals surface area contributed by atoms with Crippen LogP contribution >= 0.6 is 11.6 Å². The SMILES string of the molecule is O=C1c2ccccc2N[C@@H](c2ccc(Cl)c([N+](=O)[O-])c2)N1Cc1ccc2c(c1)OCO2. The second kappa shape index (κ2) is 7.48. The number of rotatable bonds is 4. The van der Waals surface area contributed by atoms with Crippen LogP contribution in [0, 0.1) is 10.1 Å². The third-order valence-corrected chi connectivity index (χ3v) is 5.61. The Balaban J connectivity index is 1.56. The van der Waals surface area contributed by atoms with Gasteiger partial charge in [-0.3, -0.25) is 14.9 Å². The molecule has 31 heavy (non-hydrogen) atoms. The Hall–Kier alpha value is -3.78. The summed E-state index contributed by atoms with van der Waals surface area (Å²) in [6.07, 6.45) is -0.621. The highest BCUT2D eigenvalue weighted by Gasteiger charge is 2.34. The number of benzene rings is 3. The summed E-state index contributed by atoms with van der Waals surface area (Å²) in [6, 6.07) is 17.2. The van der Waals surface area contributed by atoms with Crippen molar-refractivity contribution in [2.75, 3.05) is 12.1 Å². The van der Waals surface area contributed by atoms with Gasteiger partial charge in [0.15, 0.2) is 11.5 Å². The molecule has 1 N–H and O–H groups in total. The number of nitro groups is 1. The number of nitrogens with one attached hydrogen (secondary N) is 1. The summed E-state index contributed by atoms with van der Waals surface area (Å²) in [5, 5.41) is 14.8. The van der Waals surface area contributed by atoms with E-state index in [1.807, 2.05) is 24.3 Å². The number of anilines is 1. The van der Waals surface area contributed by atoms with Crippen molar-refractivity contribution in [1.82, 2.24) is 4.90 Å². The number of hydrogen-bond donors (Lipinski definition) is 1. The van der Waals surface area contributed by atoms with Crippen molar-refractivity contribution in [3.63, 3.8) is 0 Å². The van der Waals surface area contributed by atoms with Crippen LogP contribution in [0.3, 0.4) is 0 Å². The molecule has 0 saturated heterocycles. The van der Waals surface area contributed by atoms with Crippen LogP contribution in [-0.2, 0) is 6.54 Å². The van der Waals surface area contributed by atoms with Crippen molar-refractivity contribution in [2.24, 2.45) is 0 Å². The van der Waals surface area contributed by atoms with E-state index in [1.165, 1.54) is 12.1 Å². The minimum Gasteiger partial charge on any atom is -0.454 e. The molecule has 0 spiro atoms. The predicted octanol–water partition coefficient (Wildman–Crippen LogP) is 4.74. The minimum atomic E-state index is -0.621. The monoisotopic (exact) mass is 437 g/mol. The highest BCUT2D eigenvalue weighted by Crippen LogP contribution is 2.38. The first kappa shape index (κ1) is 19.2. The number of ether oxygens (including phenoxy) is 2. The van der Waals surface area contributed by atoms with Gasteiger partial charge in [0, 0.05) is 23.9 Å². The van der Waals surface area contributed by atoms with Gasteiger partial charge in [-0.1, -0.05) is 35.9 Å². The number of amides is 1. The molecule has 3 aromatic carbocycles. The minimum absolute atomic E-state index is 0.0404. The average molecular weight is 438 g/mol. The molecule has 0 unspecified atom stereocenters. The van der Waals surface area contributed by atoms with Crippen LogP contribution in [0.1, 0.15) is 27.7 Å². The first-order valence-electron chi connectivity index (χ1n) is 9.50. The number of carbonyl (C=O) groups excluding carboxylic acids is 1. The van der Waals surface area contributed by atoms with Gasteiger partial charge in [0.2, 0.25) is 6.79 Å².